The van der Waals surface area contributed by atoms with E-state index < -0.39 is 0 Å². The van der Waals surface area contributed by atoms with Crippen LogP contribution in [0, 0.1) is 0 Å². The maximum absolute atomic E-state index is 4.81. The molecule has 4 aromatic rings. The Bertz CT molecular complexity index is 1030. The maximum atomic E-state index is 4.81. The molecular weight excluding hydrogens is 394 g/mol. The third-order valence-corrected chi connectivity index (χ3v) is 5.68. The monoisotopic (exact) mass is 411 g/mol. The number of H-pyrrole nitrogens is 1. The van der Waals surface area contributed by atoms with Crippen LogP contribution in [0.15, 0.2) is 54.7 Å². The molecule has 0 spiro atoms. The summed E-state index contributed by atoms with van der Waals surface area (Å²) in [6.45, 7) is 0.899. The molecule has 0 atom stereocenters. The smallest absolute Gasteiger partial charge is 0.183 e. The molecular formula is C20H18BrN3S. The SMILES string of the molecule is Br.c1ccc2c(c1)Cc1sc(NCCc3c[nH]c4ccccc34)nc1-2. The lowest BCUT2D eigenvalue weighted by Crippen LogP contribution is -2.04. The van der Waals surface area contributed by atoms with E-state index in [1.54, 1.807) is 11.3 Å². The van der Waals surface area contributed by atoms with Crippen LogP contribution in [0.3, 0.4) is 0 Å². The van der Waals surface area contributed by atoms with Gasteiger partial charge in [0.05, 0.1) is 5.69 Å². The number of aromatic amines is 1. The van der Waals surface area contributed by atoms with Crippen molar-refractivity contribution < 1.29 is 0 Å². The van der Waals surface area contributed by atoms with E-state index >= 15 is 0 Å². The minimum Gasteiger partial charge on any atom is -0.361 e. The van der Waals surface area contributed by atoms with E-state index in [4.69, 9.17) is 4.98 Å². The van der Waals surface area contributed by atoms with Crippen molar-refractivity contribution in [2.75, 3.05) is 11.9 Å². The van der Waals surface area contributed by atoms with E-state index in [1.165, 1.54) is 38.2 Å². The van der Waals surface area contributed by atoms with E-state index in [9.17, 15) is 0 Å². The first-order valence-electron chi connectivity index (χ1n) is 8.25. The van der Waals surface area contributed by atoms with Crippen molar-refractivity contribution in [3.05, 3.63) is 70.7 Å². The van der Waals surface area contributed by atoms with Crippen LogP contribution in [0.4, 0.5) is 5.13 Å². The second kappa shape index (κ2) is 6.65. The van der Waals surface area contributed by atoms with Gasteiger partial charge in [0.15, 0.2) is 5.13 Å². The first kappa shape index (κ1) is 16.4. The molecule has 0 fully saturated rings. The standard InChI is InChI=1S/C20H17N3S.BrH/c1-2-7-16-13(5-1)11-18-19(16)23-20(24-18)21-10-9-14-12-22-17-8-4-3-6-15(14)17;/h1-8,12,22H,9-11H2,(H,21,23);1H. The van der Waals surface area contributed by atoms with E-state index in [2.05, 4.69) is 65.0 Å². The fourth-order valence-corrected chi connectivity index (χ4v) is 4.50. The fourth-order valence-electron chi connectivity index (χ4n) is 3.48. The first-order valence-corrected chi connectivity index (χ1v) is 9.07. The zero-order chi connectivity index (χ0) is 15.9. The molecule has 2 heterocycles. The molecule has 3 nitrogen and oxygen atoms in total. The van der Waals surface area contributed by atoms with Crippen LogP contribution in [-0.2, 0) is 12.8 Å². The van der Waals surface area contributed by atoms with Gasteiger partial charge in [-0.1, -0.05) is 42.5 Å². The number of para-hydroxylation sites is 1. The number of hydrogen-bond donors (Lipinski definition) is 2. The van der Waals surface area contributed by atoms with Crippen molar-refractivity contribution >= 4 is 44.4 Å². The highest BCUT2D eigenvalue weighted by Gasteiger charge is 2.22. The summed E-state index contributed by atoms with van der Waals surface area (Å²) in [5, 5.41) is 5.85. The Labute approximate surface area is 160 Å². The van der Waals surface area contributed by atoms with Crippen molar-refractivity contribution in [3.8, 4) is 11.3 Å². The third-order valence-electron chi connectivity index (χ3n) is 4.67. The number of hydrogen-bond acceptors (Lipinski definition) is 3. The van der Waals surface area contributed by atoms with E-state index in [0.717, 1.165) is 24.5 Å². The molecule has 0 saturated carbocycles. The molecule has 5 heteroatoms. The van der Waals surface area contributed by atoms with Gasteiger partial charge in [-0.2, -0.15) is 0 Å². The van der Waals surface area contributed by atoms with Gasteiger partial charge in [-0.25, -0.2) is 4.98 Å². The number of rotatable bonds is 4. The van der Waals surface area contributed by atoms with Gasteiger partial charge in [-0.05, 0) is 23.6 Å². The summed E-state index contributed by atoms with van der Waals surface area (Å²) in [7, 11) is 0. The van der Waals surface area contributed by atoms with Crippen LogP contribution in [0.1, 0.15) is 16.0 Å². The molecule has 1 aliphatic carbocycles. The minimum atomic E-state index is 0. The zero-order valence-electron chi connectivity index (χ0n) is 13.6. The van der Waals surface area contributed by atoms with Gasteiger partial charge in [0, 0.05) is 40.5 Å². The Morgan fingerprint density at radius 2 is 1.92 bits per heavy atom. The molecule has 1 aliphatic rings. The summed E-state index contributed by atoms with van der Waals surface area (Å²) < 4.78 is 0. The molecule has 5 rings (SSSR count). The average molecular weight is 412 g/mol. The number of nitrogens with one attached hydrogen (secondary N) is 2. The van der Waals surface area contributed by atoms with Crippen LogP contribution in [0.2, 0.25) is 0 Å². The molecule has 0 amide bonds. The van der Waals surface area contributed by atoms with Gasteiger partial charge >= 0.3 is 0 Å². The molecule has 2 aromatic heterocycles. The van der Waals surface area contributed by atoms with Gasteiger partial charge in [0.1, 0.15) is 0 Å². The molecule has 0 radical (unpaired) electrons. The van der Waals surface area contributed by atoms with Crippen LogP contribution >= 0.6 is 28.3 Å². The summed E-state index contributed by atoms with van der Waals surface area (Å²) in [6.07, 6.45) is 4.13. The maximum Gasteiger partial charge on any atom is 0.183 e. The van der Waals surface area contributed by atoms with Gasteiger partial charge in [0.2, 0.25) is 0 Å². The van der Waals surface area contributed by atoms with Crippen LogP contribution < -0.4 is 5.32 Å². The van der Waals surface area contributed by atoms with Crippen molar-refractivity contribution in [2.45, 2.75) is 12.8 Å². The van der Waals surface area contributed by atoms with Gasteiger partial charge < -0.3 is 10.3 Å². The van der Waals surface area contributed by atoms with Gasteiger partial charge in [-0.15, -0.1) is 28.3 Å². The number of anilines is 1. The molecule has 126 valence electrons. The molecule has 25 heavy (non-hydrogen) atoms. The van der Waals surface area contributed by atoms with Crippen molar-refractivity contribution in [1.29, 1.82) is 0 Å². The highest BCUT2D eigenvalue weighted by atomic mass is 79.9. The number of benzene rings is 2. The Hall–Kier alpha value is -2.11. The lowest BCUT2D eigenvalue weighted by molar-refractivity contribution is 1.02. The predicted molar refractivity (Wildman–Crippen MR) is 111 cm³/mol. The van der Waals surface area contributed by atoms with Crippen molar-refractivity contribution in [1.82, 2.24) is 9.97 Å². The summed E-state index contributed by atoms with van der Waals surface area (Å²) in [5.41, 5.74) is 6.43. The Kier molecular flexibility index (Phi) is 4.36. The normalized spacial score (nSPS) is 11.8. The quantitative estimate of drug-likeness (QED) is 0.413. The number of thiazole rings is 1. The summed E-state index contributed by atoms with van der Waals surface area (Å²) in [6, 6.07) is 17.0. The number of fused-ring (bicyclic) bond motifs is 4. The van der Waals surface area contributed by atoms with Crippen LogP contribution in [-0.4, -0.2) is 16.5 Å². The second-order valence-corrected chi connectivity index (χ2v) is 7.24. The zero-order valence-corrected chi connectivity index (χ0v) is 16.1. The highest BCUT2D eigenvalue weighted by molar-refractivity contribution is 8.93. The molecule has 0 unspecified atom stereocenters. The summed E-state index contributed by atoms with van der Waals surface area (Å²) in [4.78, 5) is 9.53. The lowest BCUT2D eigenvalue weighted by Gasteiger charge is -2.03. The van der Waals surface area contributed by atoms with Gasteiger partial charge in [-0.3, -0.25) is 0 Å². The van der Waals surface area contributed by atoms with E-state index in [0.29, 0.717) is 0 Å². The first-order chi connectivity index (χ1) is 11.9. The van der Waals surface area contributed by atoms with Crippen molar-refractivity contribution in [2.24, 2.45) is 0 Å². The second-order valence-electron chi connectivity index (χ2n) is 6.16. The number of aromatic nitrogens is 2. The topological polar surface area (TPSA) is 40.7 Å². The van der Waals surface area contributed by atoms with Crippen LogP contribution in [0.25, 0.3) is 22.2 Å². The third kappa shape index (κ3) is 2.87. The van der Waals surface area contributed by atoms with E-state index in [1.807, 2.05) is 0 Å². The van der Waals surface area contributed by atoms with Crippen molar-refractivity contribution in [3.63, 3.8) is 0 Å². The molecule has 2 aromatic carbocycles. The van der Waals surface area contributed by atoms with Gasteiger partial charge in [0.25, 0.3) is 0 Å². The average Bonchev–Trinajstić information content (AvgIpc) is 3.28. The molecule has 2 N–H and O–H groups in total. The molecule has 0 bridgehead atoms. The Balaban J connectivity index is 0.00000157. The Morgan fingerprint density at radius 1 is 1.08 bits per heavy atom. The van der Waals surface area contributed by atoms with Crippen LogP contribution in [0.5, 0.6) is 0 Å². The number of halogens is 1. The summed E-state index contributed by atoms with van der Waals surface area (Å²) >= 11 is 1.79. The Morgan fingerprint density at radius 3 is 2.88 bits per heavy atom. The minimum absolute atomic E-state index is 0. The van der Waals surface area contributed by atoms with E-state index in [-0.39, 0.29) is 17.0 Å². The number of nitrogens with zero attached hydrogens (tertiary/aromatic N) is 1. The molecule has 0 aliphatic heterocycles. The lowest BCUT2D eigenvalue weighted by atomic mass is 10.1. The molecule has 0 saturated heterocycles. The predicted octanol–water partition coefficient (Wildman–Crippen LogP) is 5.43. The largest absolute Gasteiger partial charge is 0.361 e. The fraction of sp³-hybridized carbons (Fsp3) is 0.150. The highest BCUT2D eigenvalue weighted by Crippen LogP contribution is 2.40. The summed E-state index contributed by atoms with van der Waals surface area (Å²) in [5.74, 6) is 0.